The lowest BCUT2D eigenvalue weighted by Gasteiger charge is -2.25. The van der Waals surface area contributed by atoms with Crippen LogP contribution in [0.5, 0.6) is 11.5 Å². The van der Waals surface area contributed by atoms with Crippen LogP contribution in [0.2, 0.25) is 0 Å². The number of nitrogens with two attached hydrogens (primary N) is 1. The molecule has 1 aromatic rings. The minimum atomic E-state index is -0.257. The Balaban J connectivity index is 2.17. The van der Waals surface area contributed by atoms with Crippen LogP contribution < -0.4 is 15.2 Å². The zero-order valence-electron chi connectivity index (χ0n) is 12.6. The van der Waals surface area contributed by atoms with Gasteiger partial charge < -0.3 is 15.2 Å². The van der Waals surface area contributed by atoms with Gasteiger partial charge in [0.1, 0.15) is 6.10 Å². The summed E-state index contributed by atoms with van der Waals surface area (Å²) < 4.78 is 11.7. The SMILES string of the molecule is COc1c(CC(C)(C)N)cccc1OC1CCSCC1. The zero-order valence-corrected chi connectivity index (χ0v) is 13.5. The quantitative estimate of drug-likeness (QED) is 0.905. The lowest BCUT2D eigenvalue weighted by Crippen LogP contribution is -2.34. The smallest absolute Gasteiger partial charge is 0.163 e. The van der Waals surface area contributed by atoms with Crippen molar-refractivity contribution in [2.75, 3.05) is 18.6 Å². The van der Waals surface area contributed by atoms with E-state index < -0.39 is 0 Å². The third-order valence-electron chi connectivity index (χ3n) is 3.37. The molecule has 2 rings (SSSR count). The molecule has 112 valence electrons. The van der Waals surface area contributed by atoms with Crippen LogP contribution in [0.4, 0.5) is 0 Å². The second-order valence-electron chi connectivity index (χ2n) is 6.04. The van der Waals surface area contributed by atoms with Gasteiger partial charge in [-0.3, -0.25) is 0 Å². The molecule has 3 nitrogen and oxygen atoms in total. The highest BCUT2D eigenvalue weighted by molar-refractivity contribution is 7.99. The Bertz CT molecular complexity index is 437. The van der Waals surface area contributed by atoms with E-state index in [0.29, 0.717) is 6.10 Å². The van der Waals surface area contributed by atoms with Crippen molar-refractivity contribution in [2.24, 2.45) is 5.73 Å². The van der Waals surface area contributed by atoms with Crippen molar-refractivity contribution in [3.63, 3.8) is 0 Å². The van der Waals surface area contributed by atoms with Gasteiger partial charge in [0.05, 0.1) is 7.11 Å². The fourth-order valence-corrected chi connectivity index (χ4v) is 3.55. The lowest BCUT2D eigenvalue weighted by molar-refractivity contribution is 0.184. The van der Waals surface area contributed by atoms with E-state index >= 15 is 0 Å². The first-order valence-electron chi connectivity index (χ1n) is 7.19. The molecule has 0 saturated carbocycles. The summed E-state index contributed by atoms with van der Waals surface area (Å²) in [5.41, 5.74) is 6.98. The molecule has 0 spiro atoms. The van der Waals surface area contributed by atoms with Gasteiger partial charge in [0, 0.05) is 5.54 Å². The van der Waals surface area contributed by atoms with Crippen LogP contribution in [0, 0.1) is 0 Å². The Morgan fingerprint density at radius 3 is 2.60 bits per heavy atom. The maximum Gasteiger partial charge on any atom is 0.163 e. The van der Waals surface area contributed by atoms with E-state index in [2.05, 4.69) is 6.07 Å². The minimum absolute atomic E-state index is 0.257. The Kier molecular flexibility index (Phi) is 5.22. The Morgan fingerprint density at radius 2 is 2.00 bits per heavy atom. The highest BCUT2D eigenvalue weighted by Gasteiger charge is 2.21. The van der Waals surface area contributed by atoms with Crippen molar-refractivity contribution < 1.29 is 9.47 Å². The Labute approximate surface area is 126 Å². The van der Waals surface area contributed by atoms with Crippen LogP contribution in [0.25, 0.3) is 0 Å². The van der Waals surface area contributed by atoms with Crippen LogP contribution in [-0.4, -0.2) is 30.3 Å². The van der Waals surface area contributed by atoms with Gasteiger partial charge in [-0.25, -0.2) is 0 Å². The first kappa shape index (κ1) is 15.5. The fraction of sp³-hybridized carbons (Fsp3) is 0.625. The molecule has 0 bridgehead atoms. The number of para-hydroxylation sites is 1. The maximum absolute atomic E-state index is 6.15. The average molecular weight is 295 g/mol. The largest absolute Gasteiger partial charge is 0.493 e. The monoisotopic (exact) mass is 295 g/mol. The molecule has 1 saturated heterocycles. The average Bonchev–Trinajstić information content (AvgIpc) is 2.38. The van der Waals surface area contributed by atoms with Gasteiger partial charge in [0.15, 0.2) is 11.5 Å². The number of hydrogen-bond acceptors (Lipinski definition) is 4. The third kappa shape index (κ3) is 4.32. The highest BCUT2D eigenvalue weighted by Crippen LogP contribution is 2.35. The van der Waals surface area contributed by atoms with Crippen molar-refractivity contribution >= 4 is 11.8 Å². The van der Waals surface area contributed by atoms with Gasteiger partial charge in [-0.05, 0) is 56.2 Å². The molecule has 0 aliphatic carbocycles. The lowest BCUT2D eigenvalue weighted by atomic mass is 9.95. The van der Waals surface area contributed by atoms with Crippen molar-refractivity contribution in [3.05, 3.63) is 23.8 Å². The van der Waals surface area contributed by atoms with Gasteiger partial charge >= 0.3 is 0 Å². The van der Waals surface area contributed by atoms with E-state index in [-0.39, 0.29) is 5.54 Å². The minimum Gasteiger partial charge on any atom is -0.493 e. The summed E-state index contributed by atoms with van der Waals surface area (Å²) in [5, 5.41) is 0. The van der Waals surface area contributed by atoms with E-state index in [9.17, 15) is 0 Å². The molecule has 1 heterocycles. The molecular formula is C16H25NO2S. The van der Waals surface area contributed by atoms with Gasteiger partial charge in [0.25, 0.3) is 0 Å². The van der Waals surface area contributed by atoms with Gasteiger partial charge in [-0.1, -0.05) is 12.1 Å². The fourth-order valence-electron chi connectivity index (χ4n) is 2.49. The normalized spacial score (nSPS) is 17.0. The molecule has 0 unspecified atom stereocenters. The van der Waals surface area contributed by atoms with Crippen molar-refractivity contribution in [1.29, 1.82) is 0 Å². The highest BCUT2D eigenvalue weighted by atomic mass is 32.2. The maximum atomic E-state index is 6.15. The van der Waals surface area contributed by atoms with Crippen LogP contribution >= 0.6 is 11.8 Å². The van der Waals surface area contributed by atoms with Crippen molar-refractivity contribution in [2.45, 2.75) is 44.8 Å². The molecule has 0 atom stereocenters. The topological polar surface area (TPSA) is 44.5 Å². The second-order valence-corrected chi connectivity index (χ2v) is 7.27. The molecule has 0 amide bonds. The summed E-state index contributed by atoms with van der Waals surface area (Å²) in [6, 6.07) is 6.08. The Hall–Kier alpha value is -0.870. The molecule has 0 radical (unpaired) electrons. The molecule has 1 fully saturated rings. The third-order valence-corrected chi connectivity index (χ3v) is 4.42. The van der Waals surface area contributed by atoms with E-state index in [1.54, 1.807) is 7.11 Å². The number of hydrogen-bond donors (Lipinski definition) is 1. The first-order chi connectivity index (χ1) is 9.49. The van der Waals surface area contributed by atoms with Gasteiger partial charge in [0.2, 0.25) is 0 Å². The molecule has 4 heteroatoms. The molecule has 1 aliphatic rings. The standard InChI is InChI=1S/C16H25NO2S/c1-16(2,17)11-12-5-4-6-14(15(12)18-3)19-13-7-9-20-10-8-13/h4-6,13H,7-11,17H2,1-3H3. The summed E-state index contributed by atoms with van der Waals surface area (Å²) >= 11 is 2.00. The summed E-state index contributed by atoms with van der Waals surface area (Å²) in [6.07, 6.45) is 3.31. The van der Waals surface area contributed by atoms with Crippen LogP contribution in [-0.2, 0) is 6.42 Å². The van der Waals surface area contributed by atoms with Crippen LogP contribution in [0.3, 0.4) is 0 Å². The van der Waals surface area contributed by atoms with Gasteiger partial charge in [-0.15, -0.1) is 0 Å². The Morgan fingerprint density at radius 1 is 1.30 bits per heavy atom. The summed E-state index contributed by atoms with van der Waals surface area (Å²) in [7, 11) is 1.70. The number of rotatable bonds is 5. The van der Waals surface area contributed by atoms with Crippen LogP contribution in [0.15, 0.2) is 18.2 Å². The molecule has 20 heavy (non-hydrogen) atoms. The summed E-state index contributed by atoms with van der Waals surface area (Å²) in [4.78, 5) is 0. The van der Waals surface area contributed by atoms with E-state index in [4.69, 9.17) is 15.2 Å². The number of methoxy groups -OCH3 is 1. The summed E-state index contributed by atoms with van der Waals surface area (Å²) in [6.45, 7) is 4.05. The van der Waals surface area contributed by atoms with Gasteiger partial charge in [-0.2, -0.15) is 11.8 Å². The molecule has 2 N–H and O–H groups in total. The second kappa shape index (κ2) is 6.72. The molecular weight excluding hydrogens is 270 g/mol. The van der Waals surface area contributed by atoms with E-state index in [0.717, 1.165) is 36.3 Å². The summed E-state index contributed by atoms with van der Waals surface area (Å²) in [5.74, 6) is 4.06. The van der Waals surface area contributed by atoms with Crippen LogP contribution in [0.1, 0.15) is 32.3 Å². The molecule has 1 aromatic carbocycles. The number of thioether (sulfide) groups is 1. The molecule has 1 aliphatic heterocycles. The van der Waals surface area contributed by atoms with E-state index in [1.165, 1.54) is 11.5 Å². The molecule has 0 aromatic heterocycles. The number of benzene rings is 1. The predicted molar refractivity (Wildman–Crippen MR) is 85.9 cm³/mol. The number of ether oxygens (including phenoxy) is 2. The van der Waals surface area contributed by atoms with Crippen molar-refractivity contribution in [3.8, 4) is 11.5 Å². The zero-order chi connectivity index (χ0) is 14.6. The van der Waals surface area contributed by atoms with Crippen molar-refractivity contribution in [1.82, 2.24) is 0 Å². The van der Waals surface area contributed by atoms with E-state index in [1.807, 2.05) is 37.7 Å². The first-order valence-corrected chi connectivity index (χ1v) is 8.34. The predicted octanol–water partition coefficient (Wildman–Crippen LogP) is 3.25.